The number of rotatable bonds is 1. The standard InChI is InChI=1S/C5H9NO2S/c1-9(7,8)5-3-2-4-6-5/h2-3,5-6H,4H2,1H3. The van der Waals surface area contributed by atoms with Crippen LogP contribution in [-0.4, -0.2) is 26.6 Å². The second-order valence-corrected chi connectivity index (χ2v) is 4.25. The van der Waals surface area contributed by atoms with E-state index in [2.05, 4.69) is 5.32 Å². The molecule has 1 heterocycles. The predicted molar refractivity (Wildman–Crippen MR) is 35.8 cm³/mol. The lowest BCUT2D eigenvalue weighted by Crippen LogP contribution is -2.29. The van der Waals surface area contributed by atoms with Crippen molar-refractivity contribution in [2.24, 2.45) is 0 Å². The summed E-state index contributed by atoms with van der Waals surface area (Å²) in [6.07, 6.45) is 4.70. The quantitative estimate of drug-likeness (QED) is 0.509. The second kappa shape index (κ2) is 2.11. The number of hydrogen-bond acceptors (Lipinski definition) is 3. The Morgan fingerprint density at radius 1 is 1.67 bits per heavy atom. The molecular weight excluding hydrogens is 138 g/mol. The molecule has 9 heavy (non-hydrogen) atoms. The van der Waals surface area contributed by atoms with Gasteiger partial charge >= 0.3 is 0 Å². The Hall–Kier alpha value is -0.350. The van der Waals surface area contributed by atoms with E-state index in [-0.39, 0.29) is 0 Å². The molecule has 3 nitrogen and oxygen atoms in total. The van der Waals surface area contributed by atoms with Crippen LogP contribution in [0.25, 0.3) is 0 Å². The van der Waals surface area contributed by atoms with Gasteiger partial charge in [0.05, 0.1) is 0 Å². The molecule has 0 saturated heterocycles. The lowest BCUT2D eigenvalue weighted by atomic mass is 10.6. The maximum atomic E-state index is 10.7. The average Bonchev–Trinajstić information content (AvgIpc) is 2.08. The molecule has 0 aliphatic carbocycles. The molecule has 0 amide bonds. The lowest BCUT2D eigenvalue weighted by molar-refractivity contribution is 0.587. The van der Waals surface area contributed by atoms with Gasteiger partial charge in [-0.1, -0.05) is 12.2 Å². The smallest absolute Gasteiger partial charge is 0.166 e. The van der Waals surface area contributed by atoms with Crippen LogP contribution >= 0.6 is 0 Å². The molecule has 1 rings (SSSR count). The van der Waals surface area contributed by atoms with Gasteiger partial charge in [-0.2, -0.15) is 0 Å². The summed E-state index contributed by atoms with van der Waals surface area (Å²) in [6.45, 7) is 0.664. The van der Waals surface area contributed by atoms with Gasteiger partial charge in [0.15, 0.2) is 9.84 Å². The van der Waals surface area contributed by atoms with Gasteiger partial charge in [0.25, 0.3) is 0 Å². The summed E-state index contributed by atoms with van der Waals surface area (Å²) in [4.78, 5) is 0. The number of sulfone groups is 1. The van der Waals surface area contributed by atoms with Crippen molar-refractivity contribution in [1.82, 2.24) is 5.32 Å². The summed E-state index contributed by atoms with van der Waals surface area (Å²) in [7, 11) is -2.90. The van der Waals surface area contributed by atoms with Crippen LogP contribution in [0.1, 0.15) is 0 Å². The first-order valence-corrected chi connectivity index (χ1v) is 4.65. The Morgan fingerprint density at radius 3 is 2.56 bits per heavy atom. The highest BCUT2D eigenvalue weighted by Gasteiger charge is 2.18. The van der Waals surface area contributed by atoms with Crippen LogP contribution < -0.4 is 5.32 Å². The molecule has 0 aromatic heterocycles. The van der Waals surface area contributed by atoms with Gasteiger partial charge < -0.3 is 0 Å². The third kappa shape index (κ3) is 1.53. The monoisotopic (exact) mass is 147 g/mol. The molecule has 0 aromatic rings. The van der Waals surface area contributed by atoms with E-state index in [1.165, 1.54) is 6.26 Å². The zero-order valence-corrected chi connectivity index (χ0v) is 5.98. The van der Waals surface area contributed by atoms with Crippen LogP contribution in [0.3, 0.4) is 0 Å². The van der Waals surface area contributed by atoms with Gasteiger partial charge in [-0.05, 0) is 0 Å². The molecule has 0 saturated carbocycles. The van der Waals surface area contributed by atoms with Crippen LogP contribution in [0.15, 0.2) is 12.2 Å². The summed E-state index contributed by atoms with van der Waals surface area (Å²) < 4.78 is 21.4. The predicted octanol–water partition coefficient (Wildman–Crippen LogP) is -0.483. The Kier molecular flexibility index (Phi) is 1.59. The largest absolute Gasteiger partial charge is 0.294 e. The molecule has 1 aliphatic heterocycles. The van der Waals surface area contributed by atoms with E-state index in [0.717, 1.165) is 0 Å². The minimum atomic E-state index is -2.90. The van der Waals surface area contributed by atoms with E-state index in [4.69, 9.17) is 0 Å². The van der Waals surface area contributed by atoms with E-state index >= 15 is 0 Å². The summed E-state index contributed by atoms with van der Waals surface area (Å²) in [5.41, 5.74) is 0. The van der Waals surface area contributed by atoms with Crippen molar-refractivity contribution < 1.29 is 8.42 Å². The van der Waals surface area contributed by atoms with Crippen LogP contribution in [0.4, 0.5) is 0 Å². The summed E-state index contributed by atoms with van der Waals surface area (Å²) in [5.74, 6) is 0. The topological polar surface area (TPSA) is 46.2 Å². The molecule has 1 atom stereocenters. The molecule has 0 fully saturated rings. The Labute approximate surface area is 54.7 Å². The van der Waals surface area contributed by atoms with E-state index in [9.17, 15) is 8.42 Å². The van der Waals surface area contributed by atoms with Crippen molar-refractivity contribution in [3.8, 4) is 0 Å². The van der Waals surface area contributed by atoms with Crippen molar-refractivity contribution in [1.29, 1.82) is 0 Å². The number of hydrogen-bond donors (Lipinski definition) is 1. The normalized spacial score (nSPS) is 27.0. The zero-order valence-electron chi connectivity index (χ0n) is 5.16. The fourth-order valence-electron chi connectivity index (χ4n) is 0.738. The van der Waals surface area contributed by atoms with E-state index in [1.54, 1.807) is 6.08 Å². The summed E-state index contributed by atoms with van der Waals surface area (Å²) in [5, 5.41) is 2.35. The van der Waals surface area contributed by atoms with Crippen molar-refractivity contribution in [3.05, 3.63) is 12.2 Å². The Bertz CT molecular complexity index is 217. The van der Waals surface area contributed by atoms with Crippen LogP contribution in [0.2, 0.25) is 0 Å². The highest BCUT2D eigenvalue weighted by molar-refractivity contribution is 7.91. The maximum Gasteiger partial charge on any atom is 0.166 e. The minimum Gasteiger partial charge on any atom is -0.294 e. The molecular formula is C5H9NO2S. The van der Waals surface area contributed by atoms with Gasteiger partial charge in [-0.15, -0.1) is 0 Å². The van der Waals surface area contributed by atoms with Crippen molar-refractivity contribution >= 4 is 9.84 Å². The maximum absolute atomic E-state index is 10.7. The first-order chi connectivity index (χ1) is 4.11. The van der Waals surface area contributed by atoms with E-state index in [1.807, 2.05) is 6.08 Å². The van der Waals surface area contributed by atoms with Gasteiger partial charge in [0, 0.05) is 12.8 Å². The first kappa shape index (κ1) is 6.77. The molecule has 1 N–H and O–H groups in total. The molecule has 0 spiro atoms. The van der Waals surface area contributed by atoms with Crippen molar-refractivity contribution in [3.63, 3.8) is 0 Å². The second-order valence-electron chi connectivity index (χ2n) is 2.09. The van der Waals surface area contributed by atoms with Gasteiger partial charge in [-0.3, -0.25) is 5.32 Å². The summed E-state index contributed by atoms with van der Waals surface area (Å²) >= 11 is 0. The third-order valence-electron chi connectivity index (χ3n) is 1.21. The third-order valence-corrected chi connectivity index (χ3v) is 2.46. The van der Waals surface area contributed by atoms with Gasteiger partial charge in [-0.25, -0.2) is 8.42 Å². The average molecular weight is 147 g/mol. The summed E-state index contributed by atoms with van der Waals surface area (Å²) in [6, 6.07) is 0. The zero-order chi connectivity index (χ0) is 6.91. The molecule has 52 valence electrons. The first-order valence-electron chi connectivity index (χ1n) is 2.69. The van der Waals surface area contributed by atoms with E-state index < -0.39 is 15.2 Å². The van der Waals surface area contributed by atoms with Gasteiger partial charge in [0.1, 0.15) is 5.37 Å². The molecule has 0 radical (unpaired) electrons. The Morgan fingerprint density at radius 2 is 2.33 bits per heavy atom. The highest BCUT2D eigenvalue weighted by atomic mass is 32.2. The SMILES string of the molecule is CS(=O)(=O)C1C=CCN1. The fourth-order valence-corrected chi connectivity index (χ4v) is 1.53. The van der Waals surface area contributed by atoms with Crippen LogP contribution in [-0.2, 0) is 9.84 Å². The molecule has 1 aliphatic rings. The van der Waals surface area contributed by atoms with Gasteiger partial charge in [0.2, 0.25) is 0 Å². The molecule has 4 heteroatoms. The minimum absolute atomic E-state index is 0.447. The fraction of sp³-hybridized carbons (Fsp3) is 0.600. The molecule has 0 bridgehead atoms. The number of nitrogens with one attached hydrogen (secondary N) is 1. The lowest BCUT2D eigenvalue weighted by Gasteiger charge is -2.03. The van der Waals surface area contributed by atoms with Crippen molar-refractivity contribution in [2.75, 3.05) is 12.8 Å². The van der Waals surface area contributed by atoms with Crippen LogP contribution in [0, 0.1) is 0 Å². The van der Waals surface area contributed by atoms with E-state index in [0.29, 0.717) is 6.54 Å². The van der Waals surface area contributed by atoms with Crippen molar-refractivity contribution in [2.45, 2.75) is 5.37 Å². The Balaban J connectivity index is 2.76. The van der Waals surface area contributed by atoms with Crippen LogP contribution in [0.5, 0.6) is 0 Å². The molecule has 0 aromatic carbocycles. The molecule has 1 unspecified atom stereocenters. The highest BCUT2D eigenvalue weighted by Crippen LogP contribution is 2.01.